The lowest BCUT2D eigenvalue weighted by Crippen LogP contribution is -2.57. The van der Waals surface area contributed by atoms with Gasteiger partial charge in [-0.25, -0.2) is 0 Å². The molecule has 0 spiro atoms. The number of nitrogens with two attached hydrogens (primary N) is 1. The zero-order chi connectivity index (χ0) is 15.4. The van der Waals surface area contributed by atoms with Crippen LogP contribution in [-0.2, 0) is 0 Å². The lowest BCUT2D eigenvalue weighted by molar-refractivity contribution is 0.0157. The van der Waals surface area contributed by atoms with E-state index < -0.39 is 0 Å². The molecule has 0 aromatic carbocycles. The van der Waals surface area contributed by atoms with Gasteiger partial charge in [-0.3, -0.25) is 4.90 Å². The van der Waals surface area contributed by atoms with Crippen molar-refractivity contribution in [2.45, 2.75) is 79.2 Å². The van der Waals surface area contributed by atoms with E-state index in [1.807, 2.05) is 0 Å². The summed E-state index contributed by atoms with van der Waals surface area (Å²) in [6.07, 6.45) is 6.53. The minimum Gasteiger partial charge on any atom is -0.329 e. The van der Waals surface area contributed by atoms with Gasteiger partial charge in [0.25, 0.3) is 0 Å². The van der Waals surface area contributed by atoms with Crippen molar-refractivity contribution in [3.05, 3.63) is 0 Å². The molecule has 0 radical (unpaired) electrons. The average molecular weight is 283 g/mol. The Morgan fingerprint density at radius 2 is 1.75 bits per heavy atom. The van der Waals surface area contributed by atoms with Crippen LogP contribution in [0.15, 0.2) is 0 Å². The summed E-state index contributed by atoms with van der Waals surface area (Å²) in [6, 6.07) is 0. The molecule has 1 aliphatic carbocycles. The molecule has 0 aromatic rings. The van der Waals surface area contributed by atoms with Crippen LogP contribution in [0, 0.1) is 17.3 Å². The third kappa shape index (κ3) is 4.21. The first-order valence-electron chi connectivity index (χ1n) is 8.74. The average Bonchev–Trinajstić information content (AvgIpc) is 2.43. The Labute approximate surface area is 127 Å². The summed E-state index contributed by atoms with van der Waals surface area (Å²) in [6.45, 7) is 17.3. The van der Waals surface area contributed by atoms with E-state index in [-0.39, 0.29) is 5.54 Å². The maximum atomic E-state index is 6.24. The number of hydrogen-bond donors (Lipinski definition) is 1. The topological polar surface area (TPSA) is 29.3 Å². The van der Waals surface area contributed by atoms with Gasteiger partial charge in [0, 0.05) is 18.6 Å². The molecule has 0 heterocycles. The maximum absolute atomic E-state index is 6.24. The Hall–Kier alpha value is -0.0800. The van der Waals surface area contributed by atoms with Crippen LogP contribution in [0.4, 0.5) is 0 Å². The van der Waals surface area contributed by atoms with Crippen LogP contribution < -0.4 is 5.73 Å². The summed E-state index contributed by atoms with van der Waals surface area (Å²) in [5, 5.41) is 0. The highest BCUT2D eigenvalue weighted by Gasteiger charge is 2.41. The summed E-state index contributed by atoms with van der Waals surface area (Å²) in [7, 11) is 0. The highest BCUT2D eigenvalue weighted by Crippen LogP contribution is 2.43. The Kier molecular flexibility index (Phi) is 6.53. The van der Waals surface area contributed by atoms with Crippen molar-refractivity contribution in [2.24, 2.45) is 23.0 Å². The van der Waals surface area contributed by atoms with Crippen LogP contribution in [-0.4, -0.2) is 30.1 Å². The summed E-state index contributed by atoms with van der Waals surface area (Å²) in [4.78, 5) is 2.69. The molecule has 2 N–H and O–H groups in total. The second-order valence-electron chi connectivity index (χ2n) is 8.12. The number of nitrogens with zero attached hydrogens (tertiary/aromatic N) is 1. The highest BCUT2D eigenvalue weighted by molar-refractivity contribution is 4.97. The van der Waals surface area contributed by atoms with E-state index in [1.54, 1.807) is 0 Å². The van der Waals surface area contributed by atoms with E-state index in [4.69, 9.17) is 5.73 Å². The van der Waals surface area contributed by atoms with Gasteiger partial charge in [0.05, 0.1) is 0 Å². The molecule has 2 nitrogen and oxygen atoms in total. The van der Waals surface area contributed by atoms with E-state index in [0.29, 0.717) is 5.41 Å². The monoisotopic (exact) mass is 282 g/mol. The van der Waals surface area contributed by atoms with Crippen LogP contribution >= 0.6 is 0 Å². The van der Waals surface area contributed by atoms with E-state index in [0.717, 1.165) is 24.9 Å². The standard InChI is InChI=1S/C18H38N2/c1-7-15(3)13-20(8-2)18(14-19)11-9-16(10-12-18)17(4,5)6/h15-16H,7-14,19H2,1-6H3. The minimum absolute atomic E-state index is 0.278. The predicted molar refractivity (Wildman–Crippen MR) is 89.9 cm³/mol. The molecule has 1 rings (SSSR count). The van der Waals surface area contributed by atoms with Crippen LogP contribution in [0.2, 0.25) is 0 Å². The summed E-state index contributed by atoms with van der Waals surface area (Å²) in [5.41, 5.74) is 6.98. The fraction of sp³-hybridized carbons (Fsp3) is 1.00. The Balaban J connectivity index is 2.73. The molecular formula is C18H38N2. The molecule has 1 fully saturated rings. The van der Waals surface area contributed by atoms with Crippen LogP contribution in [0.3, 0.4) is 0 Å². The van der Waals surface area contributed by atoms with Gasteiger partial charge in [0.15, 0.2) is 0 Å². The smallest absolute Gasteiger partial charge is 0.0331 e. The van der Waals surface area contributed by atoms with E-state index in [1.165, 1.54) is 38.6 Å². The summed E-state index contributed by atoms with van der Waals surface area (Å²) >= 11 is 0. The van der Waals surface area contributed by atoms with Gasteiger partial charge in [-0.1, -0.05) is 48.0 Å². The molecule has 1 atom stereocenters. The Bertz CT molecular complexity index is 272. The molecule has 0 bridgehead atoms. The number of hydrogen-bond acceptors (Lipinski definition) is 2. The molecule has 120 valence electrons. The van der Waals surface area contributed by atoms with Gasteiger partial charge in [0.2, 0.25) is 0 Å². The zero-order valence-corrected chi connectivity index (χ0v) is 14.8. The fourth-order valence-corrected chi connectivity index (χ4v) is 3.83. The Morgan fingerprint density at radius 1 is 1.20 bits per heavy atom. The zero-order valence-electron chi connectivity index (χ0n) is 14.8. The first-order valence-corrected chi connectivity index (χ1v) is 8.74. The second-order valence-corrected chi connectivity index (χ2v) is 8.12. The first-order chi connectivity index (χ1) is 9.29. The highest BCUT2D eigenvalue weighted by atomic mass is 15.2. The van der Waals surface area contributed by atoms with Gasteiger partial charge in [-0.15, -0.1) is 0 Å². The molecule has 1 unspecified atom stereocenters. The lowest BCUT2D eigenvalue weighted by atomic mass is 9.66. The van der Waals surface area contributed by atoms with Gasteiger partial charge in [-0.2, -0.15) is 0 Å². The van der Waals surface area contributed by atoms with Crippen molar-refractivity contribution >= 4 is 0 Å². The van der Waals surface area contributed by atoms with E-state index in [9.17, 15) is 0 Å². The fourth-order valence-electron chi connectivity index (χ4n) is 3.83. The Morgan fingerprint density at radius 3 is 2.10 bits per heavy atom. The predicted octanol–water partition coefficient (Wildman–Crippen LogP) is 4.29. The first kappa shape index (κ1) is 18.0. The van der Waals surface area contributed by atoms with Crippen LogP contribution in [0.25, 0.3) is 0 Å². The molecule has 20 heavy (non-hydrogen) atoms. The van der Waals surface area contributed by atoms with Gasteiger partial charge < -0.3 is 5.73 Å². The van der Waals surface area contributed by atoms with Gasteiger partial charge >= 0.3 is 0 Å². The largest absolute Gasteiger partial charge is 0.329 e. The summed E-state index contributed by atoms with van der Waals surface area (Å²) in [5.74, 6) is 1.64. The molecule has 0 amide bonds. The van der Waals surface area contributed by atoms with Gasteiger partial charge in [-0.05, 0) is 49.5 Å². The van der Waals surface area contributed by atoms with Crippen molar-refractivity contribution in [2.75, 3.05) is 19.6 Å². The van der Waals surface area contributed by atoms with Crippen molar-refractivity contribution in [3.63, 3.8) is 0 Å². The lowest BCUT2D eigenvalue weighted by Gasteiger charge is -2.50. The van der Waals surface area contributed by atoms with Crippen molar-refractivity contribution < 1.29 is 0 Å². The molecule has 0 saturated heterocycles. The molecule has 2 heteroatoms. The number of rotatable bonds is 6. The van der Waals surface area contributed by atoms with Crippen molar-refractivity contribution in [1.82, 2.24) is 4.90 Å². The van der Waals surface area contributed by atoms with Crippen molar-refractivity contribution in [1.29, 1.82) is 0 Å². The van der Waals surface area contributed by atoms with E-state index in [2.05, 4.69) is 46.4 Å². The molecule has 1 aliphatic rings. The maximum Gasteiger partial charge on any atom is 0.0331 e. The van der Waals surface area contributed by atoms with E-state index >= 15 is 0 Å². The van der Waals surface area contributed by atoms with Crippen LogP contribution in [0.1, 0.15) is 73.6 Å². The molecular weight excluding hydrogens is 244 g/mol. The molecule has 0 aromatic heterocycles. The summed E-state index contributed by atoms with van der Waals surface area (Å²) < 4.78 is 0. The molecule has 1 saturated carbocycles. The third-order valence-electron chi connectivity index (χ3n) is 5.80. The van der Waals surface area contributed by atoms with Crippen molar-refractivity contribution in [3.8, 4) is 0 Å². The number of likely N-dealkylation sites (N-methyl/N-ethyl adjacent to an activating group) is 1. The normalized spacial score (nSPS) is 29.7. The SMILES string of the molecule is CCC(C)CN(CC)C1(CN)CCC(C(C)(C)C)CC1. The molecule has 0 aliphatic heterocycles. The van der Waals surface area contributed by atoms with Gasteiger partial charge in [0.1, 0.15) is 0 Å². The minimum atomic E-state index is 0.278. The van der Waals surface area contributed by atoms with Crippen LogP contribution in [0.5, 0.6) is 0 Å². The second kappa shape index (κ2) is 7.26. The third-order valence-corrected chi connectivity index (χ3v) is 5.80. The quantitative estimate of drug-likeness (QED) is 0.787.